The Morgan fingerprint density at radius 3 is 0.838 bits per heavy atom. The van der Waals surface area contributed by atoms with Crippen molar-refractivity contribution in [1.82, 2.24) is 0 Å². The van der Waals surface area contributed by atoms with Crippen LogP contribution in [0.3, 0.4) is 0 Å². The van der Waals surface area contributed by atoms with Gasteiger partial charge in [0.15, 0.2) is 0 Å². The van der Waals surface area contributed by atoms with Crippen LogP contribution in [0.5, 0.6) is 0 Å². The van der Waals surface area contributed by atoms with E-state index >= 15 is 0 Å². The van der Waals surface area contributed by atoms with Gasteiger partial charge in [0.05, 0.1) is 0 Å². The van der Waals surface area contributed by atoms with Crippen molar-refractivity contribution < 1.29 is 17.3 Å². The summed E-state index contributed by atoms with van der Waals surface area (Å²) in [6.07, 6.45) is 0. The molecule has 5 aromatic rings. The van der Waals surface area contributed by atoms with E-state index in [1.165, 1.54) is 27.0 Å². The summed E-state index contributed by atoms with van der Waals surface area (Å²) in [6.45, 7) is 0. The fourth-order valence-electron chi connectivity index (χ4n) is 4.79. The monoisotopic (exact) mass is 516 g/mol. The van der Waals surface area contributed by atoms with Gasteiger partial charge in [-0.25, -0.2) is 0 Å². The molecule has 0 atom stereocenters. The summed E-state index contributed by atoms with van der Waals surface area (Å²) < 4.78 is 39.0. The van der Waals surface area contributed by atoms with E-state index in [9.17, 15) is 17.3 Å². The van der Waals surface area contributed by atoms with Crippen LogP contribution in [0.1, 0.15) is 16.8 Å². The number of hydrogen-bond acceptors (Lipinski definition) is 0. The van der Waals surface area contributed by atoms with Gasteiger partial charge in [-0.05, 0) is 47.5 Å². The highest BCUT2D eigenvalue weighted by Gasteiger charge is 2.53. The molecule has 0 N–H and O–H groups in total. The molecule has 0 heterocycles. The van der Waals surface area contributed by atoms with Crippen molar-refractivity contribution in [3.05, 3.63) is 163 Å². The van der Waals surface area contributed by atoms with E-state index in [2.05, 4.69) is 152 Å². The highest BCUT2D eigenvalue weighted by molar-refractivity contribution is 7.96. The van der Waals surface area contributed by atoms with Crippen LogP contribution in [0.4, 0.5) is 17.3 Å². The van der Waals surface area contributed by atoms with Crippen LogP contribution in [-0.4, -0.2) is 7.25 Å². The zero-order valence-corrected chi connectivity index (χ0v) is 20.9. The molecule has 5 rings (SSSR count). The molecule has 0 aromatic heterocycles. The average molecular weight is 516 g/mol. The standard InChI is InChI=1S/C31H26P.BF4/c1-6-16-26(17-7-1)31(27-18-8-2-9-19-27)32(28-20-10-3-11-21-28,29-22-12-4-13-23-29)30-24-14-5-15-25-30;2-1(3,4)5/h1-25,31H;/q+1;-1. The number of halogens is 4. The number of rotatable bonds is 6. The fraction of sp³-hybridized carbons (Fsp3) is 0.0323. The van der Waals surface area contributed by atoms with Gasteiger partial charge in [-0.15, -0.1) is 0 Å². The summed E-state index contributed by atoms with van der Waals surface area (Å²) in [7, 11) is -8.11. The summed E-state index contributed by atoms with van der Waals surface area (Å²) in [4.78, 5) is 0. The third-order valence-electron chi connectivity index (χ3n) is 6.11. The van der Waals surface area contributed by atoms with E-state index in [0.29, 0.717) is 0 Å². The summed E-state index contributed by atoms with van der Waals surface area (Å²) in [5.41, 5.74) is 2.91. The van der Waals surface area contributed by atoms with Crippen LogP contribution in [0.25, 0.3) is 0 Å². The van der Waals surface area contributed by atoms with E-state index in [-0.39, 0.29) is 5.66 Å². The van der Waals surface area contributed by atoms with Gasteiger partial charge < -0.3 is 17.3 Å². The van der Waals surface area contributed by atoms with Gasteiger partial charge in [0.1, 0.15) is 28.8 Å². The van der Waals surface area contributed by atoms with E-state index in [1.54, 1.807) is 0 Å². The zero-order valence-electron chi connectivity index (χ0n) is 20.0. The molecular weight excluding hydrogens is 490 g/mol. The molecule has 0 spiro atoms. The van der Waals surface area contributed by atoms with Crippen LogP contribution in [-0.2, 0) is 0 Å². The first-order valence-electron chi connectivity index (χ1n) is 11.9. The Labute approximate surface area is 216 Å². The molecule has 0 saturated heterocycles. The third-order valence-corrected chi connectivity index (χ3v) is 10.8. The van der Waals surface area contributed by atoms with Crippen molar-refractivity contribution in [2.75, 3.05) is 0 Å². The summed E-state index contributed by atoms with van der Waals surface area (Å²) in [6, 6.07) is 55.5. The van der Waals surface area contributed by atoms with Crippen LogP contribution in [0.2, 0.25) is 0 Å². The van der Waals surface area contributed by atoms with Crippen LogP contribution in [0, 0.1) is 0 Å². The highest BCUT2D eigenvalue weighted by Crippen LogP contribution is 2.68. The Hall–Kier alpha value is -3.69. The van der Waals surface area contributed by atoms with Crippen molar-refractivity contribution in [2.45, 2.75) is 5.66 Å². The third kappa shape index (κ3) is 6.36. The molecule has 0 radical (unpaired) electrons. The van der Waals surface area contributed by atoms with Gasteiger partial charge in [0, 0.05) is 0 Å². The van der Waals surface area contributed by atoms with Crippen LogP contribution < -0.4 is 15.9 Å². The Balaban J connectivity index is 0.000000586. The molecule has 0 bridgehead atoms. The minimum atomic E-state index is -6.00. The molecule has 0 amide bonds. The van der Waals surface area contributed by atoms with Gasteiger partial charge in [-0.3, -0.25) is 0 Å². The Morgan fingerprint density at radius 1 is 0.378 bits per heavy atom. The van der Waals surface area contributed by atoms with Gasteiger partial charge in [-0.2, -0.15) is 0 Å². The topological polar surface area (TPSA) is 0 Å². The van der Waals surface area contributed by atoms with Gasteiger partial charge in [-0.1, -0.05) is 115 Å². The maximum Gasteiger partial charge on any atom is 0.673 e. The minimum Gasteiger partial charge on any atom is -0.418 e. The molecule has 6 heteroatoms. The molecule has 0 unspecified atom stereocenters. The van der Waals surface area contributed by atoms with Gasteiger partial charge in [0.2, 0.25) is 0 Å². The Kier molecular flexibility index (Phi) is 8.58. The molecule has 5 aromatic carbocycles. The average Bonchev–Trinajstić information content (AvgIpc) is 2.93. The van der Waals surface area contributed by atoms with Crippen LogP contribution in [0.15, 0.2) is 152 Å². The maximum absolute atomic E-state index is 9.75. The van der Waals surface area contributed by atoms with Crippen molar-refractivity contribution >= 4 is 30.4 Å². The molecule has 0 nitrogen and oxygen atoms in total. The predicted octanol–water partition coefficient (Wildman–Crippen LogP) is 8.07. The molecule has 0 saturated carbocycles. The van der Waals surface area contributed by atoms with E-state index in [4.69, 9.17) is 0 Å². The van der Waals surface area contributed by atoms with Crippen LogP contribution >= 0.6 is 7.26 Å². The molecule has 0 aliphatic heterocycles. The lowest BCUT2D eigenvalue weighted by molar-refractivity contribution is 0.368. The van der Waals surface area contributed by atoms with Crippen molar-refractivity contribution in [2.24, 2.45) is 0 Å². The van der Waals surface area contributed by atoms with Crippen molar-refractivity contribution in [1.29, 1.82) is 0 Å². The minimum absolute atomic E-state index is 0.206. The SMILES string of the molecule is F[B-](F)(F)F.c1ccc(C(c2ccccc2)[P+](c2ccccc2)(c2ccccc2)c2ccccc2)cc1. The van der Waals surface area contributed by atoms with E-state index in [1.807, 2.05) is 0 Å². The number of hydrogen-bond donors (Lipinski definition) is 0. The summed E-state index contributed by atoms with van der Waals surface area (Å²) in [5, 5.41) is 4.19. The molecular formula is C31H26BF4P. The first kappa shape index (κ1) is 26.4. The molecule has 37 heavy (non-hydrogen) atoms. The lowest BCUT2D eigenvalue weighted by atomic mass is 10.0. The number of benzene rings is 5. The second kappa shape index (κ2) is 12.0. The smallest absolute Gasteiger partial charge is 0.418 e. The first-order valence-corrected chi connectivity index (χ1v) is 13.8. The molecule has 0 aliphatic rings. The first-order chi connectivity index (χ1) is 17.9. The van der Waals surface area contributed by atoms with E-state index in [0.717, 1.165) is 0 Å². The Morgan fingerprint density at radius 2 is 0.595 bits per heavy atom. The molecule has 0 aliphatic carbocycles. The Bertz CT molecular complexity index is 1210. The summed E-state index contributed by atoms with van der Waals surface area (Å²) in [5.74, 6) is 0. The molecule has 186 valence electrons. The van der Waals surface area contributed by atoms with Gasteiger partial charge >= 0.3 is 7.25 Å². The second-order valence-corrected chi connectivity index (χ2v) is 12.0. The van der Waals surface area contributed by atoms with Crippen molar-refractivity contribution in [3.8, 4) is 0 Å². The lowest BCUT2D eigenvalue weighted by Gasteiger charge is -2.35. The maximum atomic E-state index is 9.75. The molecule has 0 fully saturated rings. The second-order valence-electron chi connectivity index (χ2n) is 8.45. The fourth-order valence-corrected chi connectivity index (χ4v) is 9.75. The van der Waals surface area contributed by atoms with Gasteiger partial charge in [0.25, 0.3) is 0 Å². The quantitative estimate of drug-likeness (QED) is 0.122. The highest BCUT2D eigenvalue weighted by atomic mass is 31.2. The largest absolute Gasteiger partial charge is 0.673 e. The normalized spacial score (nSPS) is 11.5. The van der Waals surface area contributed by atoms with E-state index < -0.39 is 14.5 Å². The van der Waals surface area contributed by atoms with Crippen molar-refractivity contribution in [3.63, 3.8) is 0 Å². The zero-order chi connectivity index (χ0) is 26.1. The summed E-state index contributed by atoms with van der Waals surface area (Å²) >= 11 is 0. The predicted molar refractivity (Wildman–Crippen MR) is 150 cm³/mol. The lowest BCUT2D eigenvalue weighted by Crippen LogP contribution is -2.35.